The van der Waals surface area contributed by atoms with Crippen LogP contribution in [0.25, 0.3) is 0 Å². The molecule has 1 unspecified atom stereocenters. The molecule has 0 aliphatic rings. The summed E-state index contributed by atoms with van der Waals surface area (Å²) in [5.74, 6) is 0. The summed E-state index contributed by atoms with van der Waals surface area (Å²) in [6.07, 6.45) is 2.93. The van der Waals surface area contributed by atoms with Gasteiger partial charge in [-0.3, -0.25) is 5.10 Å². The summed E-state index contributed by atoms with van der Waals surface area (Å²) >= 11 is 0. The topological polar surface area (TPSA) is 74.8 Å². The summed E-state index contributed by atoms with van der Waals surface area (Å²) in [6, 6.07) is 8.99. The highest BCUT2D eigenvalue weighted by Gasteiger charge is 2.08. The van der Waals surface area contributed by atoms with E-state index in [4.69, 9.17) is 0 Å². The van der Waals surface area contributed by atoms with Crippen molar-refractivity contribution in [2.45, 2.75) is 24.4 Å². The van der Waals surface area contributed by atoms with Gasteiger partial charge < -0.3 is 5.32 Å². The molecule has 19 heavy (non-hydrogen) atoms. The number of rotatable bonds is 5. The minimum Gasteiger partial charge on any atom is -0.305 e. The van der Waals surface area contributed by atoms with Crippen molar-refractivity contribution >= 4 is 9.84 Å². The second-order valence-electron chi connectivity index (χ2n) is 4.53. The van der Waals surface area contributed by atoms with Gasteiger partial charge in [0.15, 0.2) is 9.84 Å². The molecule has 2 aromatic rings. The van der Waals surface area contributed by atoms with Crippen molar-refractivity contribution in [1.82, 2.24) is 15.5 Å². The van der Waals surface area contributed by atoms with E-state index in [1.165, 1.54) is 6.26 Å². The first-order valence-electron chi connectivity index (χ1n) is 5.98. The monoisotopic (exact) mass is 279 g/mol. The third-order valence-electron chi connectivity index (χ3n) is 2.95. The fraction of sp³-hybridized carbons (Fsp3) is 0.308. The number of hydrogen-bond donors (Lipinski definition) is 2. The Morgan fingerprint density at radius 2 is 1.95 bits per heavy atom. The van der Waals surface area contributed by atoms with Gasteiger partial charge in [0.05, 0.1) is 10.6 Å². The molecule has 0 aliphatic carbocycles. The fourth-order valence-corrected chi connectivity index (χ4v) is 2.37. The molecule has 1 heterocycles. The van der Waals surface area contributed by atoms with E-state index in [1.54, 1.807) is 18.3 Å². The molecule has 1 aromatic carbocycles. The third-order valence-corrected chi connectivity index (χ3v) is 4.08. The molecule has 0 bridgehead atoms. The number of nitrogens with one attached hydrogen (secondary N) is 2. The third kappa shape index (κ3) is 3.65. The maximum Gasteiger partial charge on any atom is 0.175 e. The predicted molar refractivity (Wildman–Crippen MR) is 73.4 cm³/mol. The number of nitrogens with zero attached hydrogens (tertiary/aromatic N) is 1. The molecule has 2 N–H and O–H groups in total. The number of benzene rings is 1. The van der Waals surface area contributed by atoms with E-state index in [2.05, 4.69) is 15.5 Å². The molecule has 0 aliphatic heterocycles. The average Bonchev–Trinajstić information content (AvgIpc) is 2.89. The molecule has 0 fully saturated rings. The van der Waals surface area contributed by atoms with Gasteiger partial charge in [-0.25, -0.2) is 8.42 Å². The maximum absolute atomic E-state index is 11.3. The molecule has 0 spiro atoms. The first-order valence-corrected chi connectivity index (χ1v) is 7.87. The zero-order chi connectivity index (χ0) is 13.9. The standard InChI is InChI=1S/C13H17N3O2S/c1-10(13-7-8-15-16-13)14-9-11-3-5-12(6-4-11)19(2,17)18/h3-8,10,14H,9H2,1-2H3,(H,15,16). The Balaban J connectivity index is 1.97. The molecule has 102 valence electrons. The number of sulfone groups is 1. The van der Waals surface area contributed by atoms with Gasteiger partial charge in [0, 0.05) is 25.0 Å². The summed E-state index contributed by atoms with van der Waals surface area (Å²) in [6.45, 7) is 2.71. The van der Waals surface area contributed by atoms with Crippen LogP contribution in [-0.2, 0) is 16.4 Å². The number of aromatic nitrogens is 2. The first kappa shape index (κ1) is 13.8. The molecule has 2 rings (SSSR count). The molecule has 1 atom stereocenters. The van der Waals surface area contributed by atoms with Crippen molar-refractivity contribution in [3.63, 3.8) is 0 Å². The van der Waals surface area contributed by atoms with Gasteiger partial charge in [-0.1, -0.05) is 12.1 Å². The Hall–Kier alpha value is -1.66. The normalized spacial score (nSPS) is 13.4. The number of aromatic amines is 1. The number of H-pyrrole nitrogens is 1. The highest BCUT2D eigenvalue weighted by atomic mass is 32.2. The highest BCUT2D eigenvalue weighted by Crippen LogP contribution is 2.12. The van der Waals surface area contributed by atoms with Crippen LogP contribution in [0, 0.1) is 0 Å². The summed E-state index contributed by atoms with van der Waals surface area (Å²) < 4.78 is 22.7. The predicted octanol–water partition coefficient (Wildman–Crippen LogP) is 1.66. The SMILES string of the molecule is CC(NCc1ccc(S(C)(=O)=O)cc1)c1ccn[nH]1. The van der Waals surface area contributed by atoms with Crippen molar-refractivity contribution in [3.05, 3.63) is 47.8 Å². The summed E-state index contributed by atoms with van der Waals surface area (Å²) in [5.41, 5.74) is 2.06. The van der Waals surface area contributed by atoms with Gasteiger partial charge >= 0.3 is 0 Å². The Bertz CT molecular complexity index is 618. The van der Waals surface area contributed by atoms with Gasteiger partial charge in [-0.05, 0) is 30.7 Å². The van der Waals surface area contributed by atoms with Crippen LogP contribution in [-0.4, -0.2) is 24.9 Å². The van der Waals surface area contributed by atoms with Gasteiger partial charge in [-0.15, -0.1) is 0 Å². The van der Waals surface area contributed by atoms with Crippen molar-refractivity contribution in [1.29, 1.82) is 0 Å². The molecule has 0 saturated heterocycles. The zero-order valence-corrected chi connectivity index (χ0v) is 11.7. The Morgan fingerprint density at radius 3 is 2.47 bits per heavy atom. The fourth-order valence-electron chi connectivity index (χ4n) is 1.74. The zero-order valence-electron chi connectivity index (χ0n) is 10.9. The van der Waals surface area contributed by atoms with Crippen LogP contribution in [0.4, 0.5) is 0 Å². The van der Waals surface area contributed by atoms with Crippen LogP contribution in [0.15, 0.2) is 41.4 Å². The minimum absolute atomic E-state index is 0.164. The van der Waals surface area contributed by atoms with E-state index in [0.29, 0.717) is 11.4 Å². The van der Waals surface area contributed by atoms with E-state index < -0.39 is 9.84 Å². The summed E-state index contributed by atoms with van der Waals surface area (Å²) in [7, 11) is -3.12. The quantitative estimate of drug-likeness (QED) is 0.873. The minimum atomic E-state index is -3.12. The van der Waals surface area contributed by atoms with E-state index in [9.17, 15) is 8.42 Å². The summed E-state index contributed by atoms with van der Waals surface area (Å²) in [5, 5.41) is 10.2. The Morgan fingerprint density at radius 1 is 1.26 bits per heavy atom. The van der Waals surface area contributed by atoms with E-state index in [-0.39, 0.29) is 6.04 Å². The van der Waals surface area contributed by atoms with E-state index in [1.807, 2.05) is 25.1 Å². The second kappa shape index (κ2) is 5.54. The lowest BCUT2D eigenvalue weighted by Gasteiger charge is -2.12. The average molecular weight is 279 g/mol. The molecule has 1 aromatic heterocycles. The largest absolute Gasteiger partial charge is 0.305 e. The lowest BCUT2D eigenvalue weighted by atomic mass is 10.2. The molecule has 6 heteroatoms. The van der Waals surface area contributed by atoms with Crippen molar-refractivity contribution in [2.75, 3.05) is 6.26 Å². The molecular formula is C13H17N3O2S. The van der Waals surface area contributed by atoms with E-state index >= 15 is 0 Å². The molecule has 0 saturated carbocycles. The molecular weight excluding hydrogens is 262 g/mol. The van der Waals surface area contributed by atoms with Gasteiger partial charge in [0.25, 0.3) is 0 Å². The van der Waals surface area contributed by atoms with Crippen molar-refractivity contribution in [3.8, 4) is 0 Å². The van der Waals surface area contributed by atoms with Crippen molar-refractivity contribution in [2.24, 2.45) is 0 Å². The van der Waals surface area contributed by atoms with Gasteiger partial charge in [0.2, 0.25) is 0 Å². The van der Waals surface area contributed by atoms with Gasteiger partial charge in [0.1, 0.15) is 0 Å². The van der Waals surface area contributed by atoms with E-state index in [0.717, 1.165) is 11.3 Å². The number of hydrogen-bond acceptors (Lipinski definition) is 4. The van der Waals surface area contributed by atoms with Crippen LogP contribution in [0.1, 0.15) is 24.2 Å². The molecule has 5 nitrogen and oxygen atoms in total. The second-order valence-corrected chi connectivity index (χ2v) is 6.55. The lowest BCUT2D eigenvalue weighted by molar-refractivity contribution is 0.560. The lowest BCUT2D eigenvalue weighted by Crippen LogP contribution is -2.18. The van der Waals surface area contributed by atoms with Gasteiger partial charge in [-0.2, -0.15) is 5.10 Å². The van der Waals surface area contributed by atoms with Crippen molar-refractivity contribution < 1.29 is 8.42 Å². The molecule has 0 amide bonds. The Labute approximate surface area is 113 Å². The smallest absolute Gasteiger partial charge is 0.175 e. The van der Waals surface area contributed by atoms with Crippen LogP contribution in [0.2, 0.25) is 0 Å². The highest BCUT2D eigenvalue weighted by molar-refractivity contribution is 7.90. The Kier molecular flexibility index (Phi) is 4.01. The van der Waals surface area contributed by atoms with Crippen LogP contribution >= 0.6 is 0 Å². The maximum atomic E-state index is 11.3. The van der Waals surface area contributed by atoms with Crippen LogP contribution in [0.3, 0.4) is 0 Å². The first-order chi connectivity index (χ1) is 8.97. The van der Waals surface area contributed by atoms with Crippen LogP contribution in [0.5, 0.6) is 0 Å². The van der Waals surface area contributed by atoms with Crippen LogP contribution < -0.4 is 5.32 Å². The summed E-state index contributed by atoms with van der Waals surface area (Å²) in [4.78, 5) is 0.345. The molecule has 0 radical (unpaired) electrons.